The van der Waals surface area contributed by atoms with Gasteiger partial charge in [-0.05, 0) is 18.6 Å². The van der Waals surface area contributed by atoms with Crippen molar-refractivity contribution < 1.29 is 9.18 Å². The Morgan fingerprint density at radius 2 is 2.29 bits per heavy atom. The number of thioether (sulfide) groups is 1. The Labute approximate surface area is 87.7 Å². The first-order valence-corrected chi connectivity index (χ1v) is 5.47. The fraction of sp³-hybridized carbons (Fsp3) is 0.364. The summed E-state index contributed by atoms with van der Waals surface area (Å²) < 4.78 is 13.2. The molecule has 0 bridgehead atoms. The molecule has 0 amide bonds. The largest absolute Gasteiger partial charge is 0.298 e. The maximum absolute atomic E-state index is 13.2. The highest BCUT2D eigenvalue weighted by atomic mass is 32.2. The Bertz CT molecular complexity index is 325. The summed E-state index contributed by atoms with van der Waals surface area (Å²) >= 11 is 1.54. The molecule has 1 aromatic rings. The van der Waals surface area contributed by atoms with Crippen LogP contribution in [0.15, 0.2) is 23.1 Å². The van der Waals surface area contributed by atoms with Crippen molar-refractivity contribution in [2.45, 2.75) is 30.4 Å². The molecule has 0 aromatic heterocycles. The minimum absolute atomic E-state index is 0.179. The average Bonchev–Trinajstić information content (AvgIpc) is 2.18. The van der Waals surface area contributed by atoms with Gasteiger partial charge in [0.1, 0.15) is 5.82 Å². The molecule has 1 aromatic carbocycles. The molecular weight excluding hydrogens is 199 g/mol. The van der Waals surface area contributed by atoms with Gasteiger partial charge in [-0.15, -0.1) is 11.8 Å². The van der Waals surface area contributed by atoms with Crippen molar-refractivity contribution in [2.75, 3.05) is 0 Å². The lowest BCUT2D eigenvalue weighted by Crippen LogP contribution is -1.96. The van der Waals surface area contributed by atoms with Gasteiger partial charge >= 0.3 is 0 Å². The lowest BCUT2D eigenvalue weighted by atomic mass is 10.2. The van der Waals surface area contributed by atoms with E-state index in [-0.39, 0.29) is 5.56 Å². The average molecular weight is 212 g/mol. The Hall–Kier alpha value is -0.830. The summed E-state index contributed by atoms with van der Waals surface area (Å²) in [6, 6.07) is 4.72. The van der Waals surface area contributed by atoms with Crippen LogP contribution in [0.2, 0.25) is 0 Å². The molecule has 1 atom stereocenters. The van der Waals surface area contributed by atoms with E-state index in [0.717, 1.165) is 11.3 Å². The van der Waals surface area contributed by atoms with Crippen LogP contribution in [0.1, 0.15) is 30.6 Å². The molecular formula is C11H13FOS. The van der Waals surface area contributed by atoms with Gasteiger partial charge in [-0.2, -0.15) is 0 Å². The van der Waals surface area contributed by atoms with Crippen molar-refractivity contribution in [1.29, 1.82) is 0 Å². The zero-order chi connectivity index (χ0) is 10.6. The summed E-state index contributed by atoms with van der Waals surface area (Å²) in [6.07, 6.45) is 1.58. The quantitative estimate of drug-likeness (QED) is 0.561. The summed E-state index contributed by atoms with van der Waals surface area (Å²) in [7, 11) is 0. The van der Waals surface area contributed by atoms with E-state index in [1.165, 1.54) is 17.8 Å². The van der Waals surface area contributed by atoms with Gasteiger partial charge in [-0.1, -0.05) is 19.9 Å². The van der Waals surface area contributed by atoms with Crippen molar-refractivity contribution in [2.24, 2.45) is 0 Å². The third-order valence-electron chi connectivity index (χ3n) is 2.03. The summed E-state index contributed by atoms with van der Waals surface area (Å²) in [5, 5.41) is 0.399. The number of hydrogen-bond donors (Lipinski definition) is 0. The molecule has 1 unspecified atom stereocenters. The van der Waals surface area contributed by atoms with Crippen LogP contribution < -0.4 is 0 Å². The minimum Gasteiger partial charge on any atom is -0.298 e. The van der Waals surface area contributed by atoms with Crippen LogP contribution in [0.3, 0.4) is 0 Å². The van der Waals surface area contributed by atoms with Crippen LogP contribution in [0.5, 0.6) is 0 Å². The molecule has 0 aliphatic heterocycles. The highest BCUT2D eigenvalue weighted by molar-refractivity contribution is 8.00. The zero-order valence-electron chi connectivity index (χ0n) is 8.29. The number of benzene rings is 1. The summed E-state index contributed by atoms with van der Waals surface area (Å²) in [5.41, 5.74) is 0.179. The van der Waals surface area contributed by atoms with Crippen molar-refractivity contribution in [3.05, 3.63) is 29.6 Å². The van der Waals surface area contributed by atoms with Crippen LogP contribution in [0, 0.1) is 5.82 Å². The topological polar surface area (TPSA) is 17.1 Å². The summed E-state index contributed by atoms with van der Waals surface area (Å²) in [4.78, 5) is 11.4. The van der Waals surface area contributed by atoms with Crippen LogP contribution in [0.4, 0.5) is 4.39 Å². The number of carbonyl (C=O) groups excluding carboxylic acids is 1. The van der Waals surface area contributed by atoms with Crippen LogP contribution >= 0.6 is 11.8 Å². The van der Waals surface area contributed by atoms with Gasteiger partial charge in [0.2, 0.25) is 0 Å². The molecule has 3 heteroatoms. The third-order valence-corrected chi connectivity index (χ3v) is 3.38. The molecule has 0 saturated carbocycles. The van der Waals surface area contributed by atoms with Crippen molar-refractivity contribution in [1.82, 2.24) is 0 Å². The molecule has 0 heterocycles. The molecule has 1 nitrogen and oxygen atoms in total. The molecule has 0 N–H and O–H groups in total. The maximum atomic E-state index is 13.2. The van der Waals surface area contributed by atoms with Gasteiger partial charge in [0, 0.05) is 10.1 Å². The molecule has 0 aliphatic carbocycles. The van der Waals surface area contributed by atoms with Gasteiger partial charge in [-0.25, -0.2) is 4.39 Å². The minimum atomic E-state index is -0.437. The van der Waals surface area contributed by atoms with Gasteiger partial charge in [0.25, 0.3) is 0 Å². The first kappa shape index (κ1) is 11.2. The predicted octanol–water partition coefficient (Wildman–Crippen LogP) is 3.53. The van der Waals surface area contributed by atoms with Crippen molar-refractivity contribution in [3.63, 3.8) is 0 Å². The number of hydrogen-bond acceptors (Lipinski definition) is 2. The Kier molecular flexibility index (Phi) is 4.14. The Morgan fingerprint density at radius 1 is 1.57 bits per heavy atom. The predicted molar refractivity (Wildman–Crippen MR) is 57.4 cm³/mol. The SMILES string of the molecule is CCC(C)Sc1cccc(F)c1C=O. The van der Waals surface area contributed by atoms with E-state index < -0.39 is 5.82 Å². The van der Waals surface area contributed by atoms with E-state index in [9.17, 15) is 9.18 Å². The molecule has 14 heavy (non-hydrogen) atoms. The molecule has 0 radical (unpaired) electrons. The first-order chi connectivity index (χ1) is 6.69. The van der Waals surface area contributed by atoms with E-state index in [1.54, 1.807) is 12.1 Å². The molecule has 0 aliphatic rings. The molecule has 0 saturated heterocycles. The summed E-state index contributed by atoms with van der Waals surface area (Å²) in [6.45, 7) is 4.13. The standard InChI is InChI=1S/C11H13FOS/c1-3-8(2)14-11-6-4-5-10(12)9(11)7-13/h4-8H,3H2,1-2H3. The number of aldehydes is 1. The normalized spacial score (nSPS) is 12.5. The molecule has 1 rings (SSSR count). The highest BCUT2D eigenvalue weighted by Gasteiger charge is 2.10. The fourth-order valence-corrected chi connectivity index (χ4v) is 2.06. The highest BCUT2D eigenvalue weighted by Crippen LogP contribution is 2.28. The van der Waals surface area contributed by atoms with E-state index in [4.69, 9.17) is 0 Å². The van der Waals surface area contributed by atoms with E-state index >= 15 is 0 Å². The maximum Gasteiger partial charge on any atom is 0.154 e. The first-order valence-electron chi connectivity index (χ1n) is 4.59. The van der Waals surface area contributed by atoms with Gasteiger partial charge in [0.15, 0.2) is 6.29 Å². The second-order valence-corrected chi connectivity index (χ2v) is 4.59. The lowest BCUT2D eigenvalue weighted by Gasteiger charge is -2.09. The molecule has 0 spiro atoms. The smallest absolute Gasteiger partial charge is 0.154 e. The van der Waals surface area contributed by atoms with E-state index in [1.807, 2.05) is 0 Å². The third kappa shape index (κ3) is 2.58. The van der Waals surface area contributed by atoms with Gasteiger partial charge < -0.3 is 0 Å². The number of carbonyl (C=O) groups is 1. The second-order valence-electron chi connectivity index (χ2n) is 3.11. The van der Waals surface area contributed by atoms with Gasteiger partial charge in [-0.3, -0.25) is 4.79 Å². The van der Waals surface area contributed by atoms with Crippen LogP contribution in [-0.4, -0.2) is 11.5 Å². The Morgan fingerprint density at radius 3 is 2.86 bits per heavy atom. The van der Waals surface area contributed by atoms with Crippen LogP contribution in [-0.2, 0) is 0 Å². The number of halogens is 1. The summed E-state index contributed by atoms with van der Waals surface area (Å²) in [5.74, 6) is -0.437. The molecule has 76 valence electrons. The van der Waals surface area contributed by atoms with E-state index in [0.29, 0.717) is 11.5 Å². The zero-order valence-corrected chi connectivity index (χ0v) is 9.10. The van der Waals surface area contributed by atoms with E-state index in [2.05, 4.69) is 13.8 Å². The monoisotopic (exact) mass is 212 g/mol. The van der Waals surface area contributed by atoms with Gasteiger partial charge in [0.05, 0.1) is 5.56 Å². The van der Waals surface area contributed by atoms with Crippen molar-refractivity contribution in [3.8, 4) is 0 Å². The van der Waals surface area contributed by atoms with Crippen LogP contribution in [0.25, 0.3) is 0 Å². The van der Waals surface area contributed by atoms with Crippen molar-refractivity contribution >= 4 is 18.0 Å². The molecule has 0 fully saturated rings. The second kappa shape index (κ2) is 5.15. The Balaban J connectivity index is 2.96. The number of rotatable bonds is 4. The lowest BCUT2D eigenvalue weighted by molar-refractivity contribution is 0.111. The fourth-order valence-electron chi connectivity index (χ4n) is 1.03.